The monoisotopic (exact) mass is 293 g/mol. The topological polar surface area (TPSA) is 75.6 Å². The first-order valence-corrected chi connectivity index (χ1v) is 7.01. The van der Waals surface area contributed by atoms with Crippen LogP contribution >= 0.6 is 0 Å². The quantitative estimate of drug-likeness (QED) is 0.765. The number of amides is 1. The van der Waals surface area contributed by atoms with Gasteiger partial charge in [-0.05, 0) is 17.9 Å². The van der Waals surface area contributed by atoms with Crippen molar-refractivity contribution < 1.29 is 19.4 Å². The fourth-order valence-electron chi connectivity index (χ4n) is 2.12. The Balaban J connectivity index is 2.75. The van der Waals surface area contributed by atoms with E-state index in [0.717, 1.165) is 5.56 Å². The molecule has 21 heavy (non-hydrogen) atoms. The third-order valence-electron chi connectivity index (χ3n) is 3.39. The Bertz CT molecular complexity index is 459. The lowest BCUT2D eigenvalue weighted by Gasteiger charge is -2.23. The number of carboxylic acid groups (broad SMARTS) is 1. The Kier molecular flexibility index (Phi) is 6.88. The Labute approximate surface area is 125 Å². The minimum atomic E-state index is -1.09. The molecule has 0 fully saturated rings. The van der Waals surface area contributed by atoms with E-state index in [0.29, 0.717) is 6.42 Å². The van der Waals surface area contributed by atoms with Crippen LogP contribution in [-0.4, -0.2) is 36.7 Å². The number of aliphatic carboxylic acids is 1. The van der Waals surface area contributed by atoms with E-state index in [1.807, 2.05) is 44.2 Å². The average molecular weight is 293 g/mol. The van der Waals surface area contributed by atoms with Crippen LogP contribution in [0, 0.1) is 11.8 Å². The number of methoxy groups -OCH3 is 1. The van der Waals surface area contributed by atoms with E-state index in [9.17, 15) is 9.59 Å². The van der Waals surface area contributed by atoms with Gasteiger partial charge in [-0.3, -0.25) is 4.79 Å². The van der Waals surface area contributed by atoms with E-state index in [1.54, 1.807) is 0 Å². The first-order chi connectivity index (χ1) is 9.95. The van der Waals surface area contributed by atoms with E-state index in [2.05, 4.69) is 5.32 Å². The third-order valence-corrected chi connectivity index (χ3v) is 3.39. The van der Waals surface area contributed by atoms with Gasteiger partial charge < -0.3 is 15.2 Å². The van der Waals surface area contributed by atoms with Crippen LogP contribution in [0.1, 0.15) is 19.4 Å². The van der Waals surface area contributed by atoms with E-state index in [-0.39, 0.29) is 24.3 Å². The van der Waals surface area contributed by atoms with Gasteiger partial charge >= 0.3 is 5.97 Å². The van der Waals surface area contributed by atoms with Crippen LogP contribution in [-0.2, 0) is 20.7 Å². The van der Waals surface area contributed by atoms with Gasteiger partial charge in [0, 0.05) is 13.0 Å². The minimum absolute atomic E-state index is 0.0444. The number of benzene rings is 1. The highest BCUT2D eigenvalue weighted by Gasteiger charge is 2.27. The molecule has 0 aromatic heterocycles. The summed E-state index contributed by atoms with van der Waals surface area (Å²) in [4.78, 5) is 23.4. The molecule has 5 nitrogen and oxygen atoms in total. The Morgan fingerprint density at radius 3 is 2.33 bits per heavy atom. The Morgan fingerprint density at radius 2 is 1.86 bits per heavy atom. The van der Waals surface area contributed by atoms with Gasteiger partial charge in [-0.1, -0.05) is 44.2 Å². The summed E-state index contributed by atoms with van der Waals surface area (Å²) in [5, 5.41) is 11.6. The van der Waals surface area contributed by atoms with Gasteiger partial charge in [-0.25, -0.2) is 4.79 Å². The van der Waals surface area contributed by atoms with Crippen LogP contribution in [0.5, 0.6) is 0 Å². The van der Waals surface area contributed by atoms with Crippen LogP contribution in [0.4, 0.5) is 0 Å². The highest BCUT2D eigenvalue weighted by atomic mass is 16.5. The molecule has 0 saturated carbocycles. The second-order valence-electron chi connectivity index (χ2n) is 5.39. The molecule has 0 saturated heterocycles. The zero-order chi connectivity index (χ0) is 15.8. The van der Waals surface area contributed by atoms with Crippen LogP contribution in [0.2, 0.25) is 0 Å². The number of carbonyl (C=O) groups is 2. The maximum atomic E-state index is 12.3. The summed E-state index contributed by atoms with van der Waals surface area (Å²) < 4.78 is 4.83. The first-order valence-electron chi connectivity index (χ1n) is 7.01. The standard InChI is InChI=1S/C16H23NO4/c1-11(2)13(9-12-7-5-4-6-8-12)15(18)17-14(10-21-3)16(19)20/h4-8,11,13-14H,9-10H2,1-3H3,(H,17,18)(H,19,20). The molecule has 0 aliphatic rings. The molecule has 0 aliphatic heterocycles. The van der Waals surface area contributed by atoms with Gasteiger partial charge in [0.05, 0.1) is 6.61 Å². The molecule has 0 spiro atoms. The van der Waals surface area contributed by atoms with Crippen LogP contribution in [0.15, 0.2) is 30.3 Å². The van der Waals surface area contributed by atoms with Gasteiger partial charge in [-0.15, -0.1) is 0 Å². The number of ether oxygens (including phenoxy) is 1. The fraction of sp³-hybridized carbons (Fsp3) is 0.500. The summed E-state index contributed by atoms with van der Waals surface area (Å²) in [5.41, 5.74) is 1.06. The third kappa shape index (κ3) is 5.55. The van der Waals surface area contributed by atoms with E-state index in [1.165, 1.54) is 7.11 Å². The predicted octanol–water partition coefficient (Wildman–Crippen LogP) is 1.72. The van der Waals surface area contributed by atoms with Crippen molar-refractivity contribution in [1.29, 1.82) is 0 Å². The summed E-state index contributed by atoms with van der Waals surface area (Å²) in [6, 6.07) is 8.69. The van der Waals surface area contributed by atoms with Crippen molar-refractivity contribution in [2.24, 2.45) is 11.8 Å². The summed E-state index contributed by atoms with van der Waals surface area (Å²) in [6.45, 7) is 3.87. The molecule has 1 aromatic rings. The number of hydrogen-bond acceptors (Lipinski definition) is 3. The highest BCUT2D eigenvalue weighted by molar-refractivity contribution is 5.85. The maximum absolute atomic E-state index is 12.3. The van der Waals surface area contributed by atoms with Gasteiger partial charge in [0.15, 0.2) is 6.04 Å². The second kappa shape index (κ2) is 8.42. The lowest BCUT2D eigenvalue weighted by molar-refractivity contribution is -0.144. The zero-order valence-electron chi connectivity index (χ0n) is 12.7. The number of hydrogen-bond donors (Lipinski definition) is 2. The lowest BCUT2D eigenvalue weighted by atomic mass is 9.88. The molecule has 1 amide bonds. The van der Waals surface area contributed by atoms with Gasteiger partial charge in [0.1, 0.15) is 0 Å². The molecule has 5 heteroatoms. The van der Waals surface area contributed by atoms with Gasteiger partial charge in [-0.2, -0.15) is 0 Å². The highest BCUT2D eigenvalue weighted by Crippen LogP contribution is 2.17. The molecule has 2 unspecified atom stereocenters. The number of nitrogens with one attached hydrogen (secondary N) is 1. The molecule has 0 bridgehead atoms. The van der Waals surface area contributed by atoms with Gasteiger partial charge in [0.25, 0.3) is 0 Å². The van der Waals surface area contributed by atoms with Crippen LogP contribution in [0.3, 0.4) is 0 Å². The molecule has 1 aromatic carbocycles. The largest absolute Gasteiger partial charge is 0.480 e. The summed E-state index contributed by atoms with van der Waals surface area (Å²) in [6.07, 6.45) is 0.587. The first kappa shape index (κ1) is 17.2. The van der Waals surface area contributed by atoms with Crippen LogP contribution in [0.25, 0.3) is 0 Å². The van der Waals surface area contributed by atoms with E-state index in [4.69, 9.17) is 9.84 Å². The number of carboxylic acids is 1. The van der Waals surface area contributed by atoms with Crippen molar-refractivity contribution in [3.8, 4) is 0 Å². The second-order valence-corrected chi connectivity index (χ2v) is 5.39. The van der Waals surface area contributed by atoms with Crippen LogP contribution < -0.4 is 5.32 Å². The Hall–Kier alpha value is -1.88. The van der Waals surface area contributed by atoms with E-state index < -0.39 is 12.0 Å². The predicted molar refractivity (Wildman–Crippen MR) is 79.9 cm³/mol. The van der Waals surface area contributed by atoms with Crippen molar-refractivity contribution in [1.82, 2.24) is 5.32 Å². The molecule has 1 rings (SSSR count). The van der Waals surface area contributed by atoms with Crippen molar-refractivity contribution in [3.05, 3.63) is 35.9 Å². The zero-order valence-corrected chi connectivity index (χ0v) is 12.7. The van der Waals surface area contributed by atoms with Crippen molar-refractivity contribution in [2.45, 2.75) is 26.3 Å². The lowest BCUT2D eigenvalue weighted by Crippen LogP contribution is -2.47. The maximum Gasteiger partial charge on any atom is 0.328 e. The molecule has 0 heterocycles. The smallest absolute Gasteiger partial charge is 0.328 e. The average Bonchev–Trinajstić information content (AvgIpc) is 2.44. The van der Waals surface area contributed by atoms with E-state index >= 15 is 0 Å². The normalized spacial score (nSPS) is 13.7. The van der Waals surface area contributed by atoms with Crippen molar-refractivity contribution >= 4 is 11.9 Å². The molecule has 0 aliphatic carbocycles. The summed E-state index contributed by atoms with van der Waals surface area (Å²) in [5.74, 6) is -1.50. The SMILES string of the molecule is COCC(NC(=O)C(Cc1ccccc1)C(C)C)C(=O)O. The number of rotatable bonds is 8. The summed E-state index contributed by atoms with van der Waals surface area (Å²) >= 11 is 0. The molecular weight excluding hydrogens is 270 g/mol. The van der Waals surface area contributed by atoms with Crippen molar-refractivity contribution in [2.75, 3.05) is 13.7 Å². The summed E-state index contributed by atoms with van der Waals surface area (Å²) in [7, 11) is 1.41. The molecular formula is C16H23NO4. The van der Waals surface area contributed by atoms with Crippen molar-refractivity contribution in [3.63, 3.8) is 0 Å². The number of carbonyl (C=O) groups excluding carboxylic acids is 1. The fourth-order valence-corrected chi connectivity index (χ4v) is 2.12. The minimum Gasteiger partial charge on any atom is -0.480 e. The van der Waals surface area contributed by atoms with Gasteiger partial charge in [0.2, 0.25) is 5.91 Å². The molecule has 116 valence electrons. The molecule has 2 atom stereocenters. The molecule has 0 radical (unpaired) electrons. The Morgan fingerprint density at radius 1 is 1.24 bits per heavy atom. The molecule has 2 N–H and O–H groups in total.